The lowest BCUT2D eigenvalue weighted by molar-refractivity contribution is -0.166. The van der Waals surface area contributed by atoms with Crippen LogP contribution >= 0.6 is 11.3 Å². The normalized spacial score (nSPS) is 11.5. The van der Waals surface area contributed by atoms with E-state index in [2.05, 4.69) is 11.8 Å². The molecule has 2 rings (SSSR count). The van der Waals surface area contributed by atoms with Gasteiger partial charge in [-0.1, -0.05) is 24.0 Å². The summed E-state index contributed by atoms with van der Waals surface area (Å²) in [6.45, 7) is 2.94. The number of carbonyl (C=O) groups is 1. The van der Waals surface area contributed by atoms with E-state index in [0.717, 1.165) is 21.7 Å². The zero-order valence-corrected chi connectivity index (χ0v) is 13.2. The quantitative estimate of drug-likeness (QED) is 0.535. The molecule has 1 N–H and O–H groups in total. The Morgan fingerprint density at radius 3 is 2.64 bits per heavy atom. The number of thiophene rings is 1. The lowest BCUT2D eigenvalue weighted by atomic mass is 10.1. The first kappa shape index (κ1) is 16.2. The molecule has 0 aliphatic rings. The Bertz CT molecular complexity index is 712. The number of hydroxylamine groups is 2. The van der Waals surface area contributed by atoms with Gasteiger partial charge < -0.3 is 0 Å². The van der Waals surface area contributed by atoms with Crippen molar-refractivity contribution in [2.24, 2.45) is 0 Å². The summed E-state index contributed by atoms with van der Waals surface area (Å²) in [4.78, 5) is 13.0. The van der Waals surface area contributed by atoms with Crippen LogP contribution in [0.5, 0.6) is 0 Å². The SMILES string of the molecule is CC(=O)N(O)[C@H](C)C#Cc1ccc(Cc2ccc(F)cc2)s1. The molecular formula is C17H16FNO2S. The summed E-state index contributed by atoms with van der Waals surface area (Å²) in [7, 11) is 0. The summed E-state index contributed by atoms with van der Waals surface area (Å²) in [5, 5.41) is 10.1. The molecule has 114 valence electrons. The van der Waals surface area contributed by atoms with Crippen molar-refractivity contribution in [1.29, 1.82) is 0 Å². The van der Waals surface area contributed by atoms with E-state index in [1.54, 1.807) is 30.4 Å². The van der Waals surface area contributed by atoms with E-state index in [1.807, 2.05) is 12.1 Å². The smallest absolute Gasteiger partial charge is 0.243 e. The van der Waals surface area contributed by atoms with E-state index in [0.29, 0.717) is 5.06 Å². The van der Waals surface area contributed by atoms with Crippen LogP contribution < -0.4 is 0 Å². The van der Waals surface area contributed by atoms with Gasteiger partial charge in [0.05, 0.1) is 4.88 Å². The molecular weight excluding hydrogens is 301 g/mol. The number of rotatable bonds is 3. The minimum Gasteiger partial charge on any atom is -0.285 e. The first-order chi connectivity index (χ1) is 10.5. The monoisotopic (exact) mass is 317 g/mol. The second-order valence-electron chi connectivity index (χ2n) is 4.88. The molecule has 0 radical (unpaired) electrons. The Kier molecular flexibility index (Phi) is 5.31. The molecule has 0 bridgehead atoms. The highest BCUT2D eigenvalue weighted by molar-refractivity contribution is 7.12. The molecule has 0 aliphatic carbocycles. The maximum atomic E-state index is 12.9. The van der Waals surface area contributed by atoms with E-state index < -0.39 is 11.9 Å². The van der Waals surface area contributed by atoms with E-state index in [-0.39, 0.29) is 5.82 Å². The number of amides is 1. The number of nitrogens with zero attached hydrogens (tertiary/aromatic N) is 1. The molecule has 1 aromatic carbocycles. The second-order valence-corrected chi connectivity index (χ2v) is 6.05. The van der Waals surface area contributed by atoms with Crippen LogP contribution in [-0.2, 0) is 11.2 Å². The van der Waals surface area contributed by atoms with Gasteiger partial charge >= 0.3 is 0 Å². The van der Waals surface area contributed by atoms with Crippen LogP contribution in [0.2, 0.25) is 0 Å². The van der Waals surface area contributed by atoms with Crippen molar-refractivity contribution in [3.05, 3.63) is 57.5 Å². The Hall–Kier alpha value is -2.16. The molecule has 22 heavy (non-hydrogen) atoms. The van der Waals surface area contributed by atoms with Crippen LogP contribution in [0.3, 0.4) is 0 Å². The summed E-state index contributed by atoms with van der Waals surface area (Å²) >= 11 is 1.54. The molecule has 0 saturated carbocycles. The van der Waals surface area contributed by atoms with Crippen molar-refractivity contribution in [3.63, 3.8) is 0 Å². The van der Waals surface area contributed by atoms with E-state index in [4.69, 9.17) is 0 Å². The summed E-state index contributed by atoms with van der Waals surface area (Å²) in [5.74, 6) is 5.10. The van der Waals surface area contributed by atoms with E-state index in [1.165, 1.54) is 19.1 Å². The highest BCUT2D eigenvalue weighted by Gasteiger charge is 2.10. The van der Waals surface area contributed by atoms with Crippen LogP contribution in [0, 0.1) is 17.7 Å². The van der Waals surface area contributed by atoms with Crippen molar-refractivity contribution in [1.82, 2.24) is 5.06 Å². The lowest BCUT2D eigenvalue weighted by Gasteiger charge is -2.15. The molecule has 0 spiro atoms. The largest absolute Gasteiger partial charge is 0.285 e. The first-order valence-corrected chi connectivity index (χ1v) is 7.60. The number of hydrogen-bond acceptors (Lipinski definition) is 3. The van der Waals surface area contributed by atoms with Gasteiger partial charge in [0.2, 0.25) is 5.91 Å². The fraction of sp³-hybridized carbons (Fsp3) is 0.235. The number of benzene rings is 1. The third kappa shape index (κ3) is 4.42. The number of hydrogen-bond donors (Lipinski definition) is 1. The van der Waals surface area contributed by atoms with Gasteiger partial charge in [-0.3, -0.25) is 10.0 Å². The minimum absolute atomic E-state index is 0.241. The van der Waals surface area contributed by atoms with Crippen molar-refractivity contribution < 1.29 is 14.4 Å². The van der Waals surface area contributed by atoms with Gasteiger partial charge in [-0.2, -0.15) is 0 Å². The molecule has 3 nitrogen and oxygen atoms in total. The topological polar surface area (TPSA) is 40.5 Å². The van der Waals surface area contributed by atoms with Crippen LogP contribution in [-0.4, -0.2) is 22.2 Å². The van der Waals surface area contributed by atoms with Crippen molar-refractivity contribution in [2.45, 2.75) is 26.3 Å². The van der Waals surface area contributed by atoms with Gasteiger partial charge in [0.1, 0.15) is 11.9 Å². The number of halogens is 1. The molecule has 1 amide bonds. The fourth-order valence-electron chi connectivity index (χ4n) is 1.85. The van der Waals surface area contributed by atoms with Crippen molar-refractivity contribution in [2.75, 3.05) is 0 Å². The van der Waals surface area contributed by atoms with Crippen molar-refractivity contribution >= 4 is 17.2 Å². The highest BCUT2D eigenvalue weighted by atomic mass is 32.1. The van der Waals surface area contributed by atoms with Crippen LogP contribution in [0.1, 0.15) is 29.2 Å². The first-order valence-electron chi connectivity index (χ1n) is 6.79. The zero-order chi connectivity index (χ0) is 16.1. The number of carbonyl (C=O) groups excluding carboxylic acids is 1. The highest BCUT2D eigenvalue weighted by Crippen LogP contribution is 2.19. The van der Waals surface area contributed by atoms with Crippen LogP contribution in [0.25, 0.3) is 0 Å². The van der Waals surface area contributed by atoms with E-state index >= 15 is 0 Å². The molecule has 2 aromatic rings. The molecule has 0 unspecified atom stereocenters. The molecule has 1 aromatic heterocycles. The molecule has 0 saturated heterocycles. The van der Waals surface area contributed by atoms with Gasteiger partial charge in [0.25, 0.3) is 0 Å². The van der Waals surface area contributed by atoms with Gasteiger partial charge in [0, 0.05) is 18.2 Å². The van der Waals surface area contributed by atoms with Gasteiger partial charge in [0.15, 0.2) is 0 Å². The van der Waals surface area contributed by atoms with E-state index in [9.17, 15) is 14.4 Å². The third-order valence-corrected chi connectivity index (χ3v) is 4.05. The predicted molar refractivity (Wildman–Crippen MR) is 84.2 cm³/mol. The van der Waals surface area contributed by atoms with Crippen LogP contribution in [0.15, 0.2) is 36.4 Å². The third-order valence-electron chi connectivity index (χ3n) is 3.05. The molecule has 0 aliphatic heterocycles. The minimum atomic E-state index is -0.555. The average Bonchev–Trinajstić information content (AvgIpc) is 2.94. The molecule has 0 fully saturated rings. The summed E-state index contributed by atoms with van der Waals surface area (Å²) < 4.78 is 12.9. The van der Waals surface area contributed by atoms with Crippen LogP contribution in [0.4, 0.5) is 4.39 Å². The Balaban J connectivity index is 2.03. The molecule has 1 atom stereocenters. The van der Waals surface area contributed by atoms with Crippen molar-refractivity contribution in [3.8, 4) is 11.8 Å². The Morgan fingerprint density at radius 2 is 2.00 bits per heavy atom. The molecule has 1 heterocycles. The average molecular weight is 317 g/mol. The maximum absolute atomic E-state index is 12.9. The second kappa shape index (κ2) is 7.21. The lowest BCUT2D eigenvalue weighted by Crippen LogP contribution is -2.32. The molecule has 5 heteroatoms. The zero-order valence-electron chi connectivity index (χ0n) is 12.3. The maximum Gasteiger partial charge on any atom is 0.243 e. The van der Waals surface area contributed by atoms with Gasteiger partial charge in [-0.05, 0) is 36.8 Å². The Morgan fingerprint density at radius 1 is 1.32 bits per heavy atom. The van der Waals surface area contributed by atoms with Gasteiger partial charge in [-0.25, -0.2) is 9.45 Å². The fourth-order valence-corrected chi connectivity index (χ4v) is 2.76. The van der Waals surface area contributed by atoms with Gasteiger partial charge in [-0.15, -0.1) is 11.3 Å². The Labute approximate surface area is 133 Å². The predicted octanol–water partition coefficient (Wildman–Crippen LogP) is 3.46. The summed E-state index contributed by atoms with van der Waals surface area (Å²) in [6.07, 6.45) is 0.724. The standard InChI is InChI=1S/C17H16FNO2S/c1-12(19(21)13(2)20)3-8-16-9-10-17(22-16)11-14-4-6-15(18)7-5-14/h4-7,9-10,12,21H,11H2,1-2H3/t12-/m1/s1. The summed E-state index contributed by atoms with van der Waals surface area (Å²) in [6, 6.07) is 9.74. The summed E-state index contributed by atoms with van der Waals surface area (Å²) in [5.41, 5.74) is 1.04.